The lowest BCUT2D eigenvalue weighted by atomic mass is 10.0. The maximum atomic E-state index is 13.4. The number of aromatic nitrogens is 2. The summed E-state index contributed by atoms with van der Waals surface area (Å²) in [5.74, 6) is -0.726. The number of urea groups is 1. The predicted molar refractivity (Wildman–Crippen MR) is 118 cm³/mol. The summed E-state index contributed by atoms with van der Waals surface area (Å²) in [4.78, 5) is 20.9. The molecular formula is C24H22F2N4O. The van der Waals surface area contributed by atoms with Crippen LogP contribution < -0.4 is 21.3 Å². The van der Waals surface area contributed by atoms with Crippen LogP contribution in [-0.2, 0) is 0 Å². The highest BCUT2D eigenvalue weighted by Crippen LogP contribution is 2.27. The van der Waals surface area contributed by atoms with E-state index in [1.165, 1.54) is 24.3 Å². The fraction of sp³-hybridized carbons (Fsp3) is 0.125. The van der Waals surface area contributed by atoms with Crippen molar-refractivity contribution in [1.82, 2.24) is 20.6 Å². The van der Waals surface area contributed by atoms with Crippen molar-refractivity contribution in [3.8, 4) is 22.5 Å². The first-order valence-electron chi connectivity index (χ1n) is 9.69. The van der Waals surface area contributed by atoms with Crippen LogP contribution in [0.5, 0.6) is 0 Å². The molecule has 3 rings (SSSR count). The highest BCUT2D eigenvalue weighted by atomic mass is 19.1. The van der Waals surface area contributed by atoms with Gasteiger partial charge < -0.3 is 10.6 Å². The molecule has 0 fully saturated rings. The number of carbonyl (C=O) groups is 1. The number of benzene rings is 2. The number of rotatable bonds is 5. The van der Waals surface area contributed by atoms with Gasteiger partial charge in [-0.1, -0.05) is 6.58 Å². The molecule has 0 spiro atoms. The zero-order valence-corrected chi connectivity index (χ0v) is 17.2. The van der Waals surface area contributed by atoms with Crippen LogP contribution in [0, 0.1) is 11.6 Å². The second-order valence-corrected chi connectivity index (χ2v) is 6.77. The van der Waals surface area contributed by atoms with E-state index in [9.17, 15) is 13.6 Å². The van der Waals surface area contributed by atoms with Gasteiger partial charge in [0, 0.05) is 23.4 Å². The molecular weight excluding hydrogens is 398 g/mol. The third-order valence-electron chi connectivity index (χ3n) is 4.37. The number of allylic oxidation sites excluding steroid dienone is 2. The quantitative estimate of drug-likeness (QED) is 0.664. The zero-order chi connectivity index (χ0) is 22.4. The summed E-state index contributed by atoms with van der Waals surface area (Å²) in [5.41, 5.74) is 2.94. The van der Waals surface area contributed by atoms with E-state index in [1.807, 2.05) is 6.92 Å². The molecule has 2 amide bonds. The average Bonchev–Trinajstić information content (AvgIpc) is 2.74. The lowest BCUT2D eigenvalue weighted by molar-refractivity contribution is 0.244. The van der Waals surface area contributed by atoms with Gasteiger partial charge in [-0.2, -0.15) is 0 Å². The van der Waals surface area contributed by atoms with Crippen LogP contribution in [0.2, 0.25) is 0 Å². The molecule has 0 aliphatic carbocycles. The highest BCUT2D eigenvalue weighted by molar-refractivity contribution is 5.78. The lowest BCUT2D eigenvalue weighted by Gasteiger charge is -2.09. The van der Waals surface area contributed by atoms with Crippen LogP contribution in [0.1, 0.15) is 13.8 Å². The van der Waals surface area contributed by atoms with E-state index in [0.29, 0.717) is 45.5 Å². The molecule has 0 aliphatic heterocycles. The number of halogens is 2. The van der Waals surface area contributed by atoms with Crippen LogP contribution in [0.3, 0.4) is 0 Å². The fourth-order valence-corrected chi connectivity index (χ4v) is 2.86. The van der Waals surface area contributed by atoms with Crippen molar-refractivity contribution in [3.05, 3.63) is 82.6 Å². The van der Waals surface area contributed by atoms with Crippen molar-refractivity contribution in [3.63, 3.8) is 0 Å². The minimum Gasteiger partial charge on any atom is -0.338 e. The largest absolute Gasteiger partial charge is 0.338 e. The Labute approximate surface area is 178 Å². The number of amides is 2. The Balaban J connectivity index is 2.11. The lowest BCUT2D eigenvalue weighted by Crippen LogP contribution is -2.34. The molecule has 0 atom stereocenters. The van der Waals surface area contributed by atoms with Gasteiger partial charge in [-0.05, 0) is 74.5 Å². The zero-order valence-electron chi connectivity index (χ0n) is 17.2. The van der Waals surface area contributed by atoms with Gasteiger partial charge in [0.2, 0.25) is 0 Å². The molecule has 158 valence electrons. The highest BCUT2D eigenvalue weighted by Gasteiger charge is 2.12. The van der Waals surface area contributed by atoms with Gasteiger partial charge in [0.05, 0.1) is 22.1 Å². The van der Waals surface area contributed by atoms with E-state index in [-0.39, 0.29) is 17.7 Å². The molecule has 0 radical (unpaired) electrons. The summed E-state index contributed by atoms with van der Waals surface area (Å²) in [6.45, 7) is 8.06. The molecule has 31 heavy (non-hydrogen) atoms. The summed E-state index contributed by atoms with van der Waals surface area (Å²) in [5, 5.41) is 6.25. The molecule has 0 saturated carbocycles. The van der Waals surface area contributed by atoms with E-state index >= 15 is 0 Å². The van der Waals surface area contributed by atoms with Crippen LogP contribution in [0.25, 0.3) is 35.2 Å². The van der Waals surface area contributed by atoms with Crippen molar-refractivity contribution >= 4 is 18.7 Å². The van der Waals surface area contributed by atoms with Crippen molar-refractivity contribution in [2.75, 3.05) is 6.54 Å². The molecule has 0 unspecified atom stereocenters. The van der Waals surface area contributed by atoms with E-state index in [1.54, 1.807) is 43.3 Å². The van der Waals surface area contributed by atoms with Gasteiger partial charge in [0.25, 0.3) is 0 Å². The van der Waals surface area contributed by atoms with Crippen molar-refractivity contribution in [2.24, 2.45) is 0 Å². The summed E-state index contributed by atoms with van der Waals surface area (Å²) < 4.78 is 26.8. The molecule has 0 aliphatic rings. The molecule has 1 heterocycles. The van der Waals surface area contributed by atoms with Crippen molar-refractivity contribution in [2.45, 2.75) is 13.8 Å². The SMILES string of the molecule is C=c1nc(-c2ccc(F)cc2)c(-c2ccc(F)cc2)n/c1=C/C=C(\C)NC(=O)NCC. The van der Waals surface area contributed by atoms with Crippen molar-refractivity contribution in [1.29, 1.82) is 0 Å². The standard InChI is InChI=1S/C24H22F2N4O/c1-4-27-24(31)28-15(2)5-14-21-16(3)29-22(17-6-10-19(25)11-7-17)23(30-21)18-8-12-20(26)13-9-18/h5-14H,3-4H2,1-2H3,(H2,27,28,31)/b15-5+,21-14+. The topological polar surface area (TPSA) is 66.9 Å². The Hall–Kier alpha value is -3.87. The third-order valence-corrected chi connectivity index (χ3v) is 4.37. The first-order valence-corrected chi connectivity index (χ1v) is 9.69. The summed E-state index contributed by atoms with van der Waals surface area (Å²) in [7, 11) is 0. The maximum absolute atomic E-state index is 13.4. The van der Waals surface area contributed by atoms with E-state index < -0.39 is 0 Å². The number of hydrogen-bond acceptors (Lipinski definition) is 3. The first kappa shape index (κ1) is 21.8. The molecule has 0 bridgehead atoms. The molecule has 1 aromatic heterocycles. The molecule has 2 N–H and O–H groups in total. The number of nitrogens with zero attached hydrogens (tertiary/aromatic N) is 2. The van der Waals surface area contributed by atoms with E-state index in [2.05, 4.69) is 27.2 Å². The van der Waals surface area contributed by atoms with Gasteiger partial charge in [-0.3, -0.25) is 0 Å². The number of carbonyl (C=O) groups excluding carboxylic acids is 1. The minimum atomic E-state index is -0.365. The van der Waals surface area contributed by atoms with E-state index in [4.69, 9.17) is 0 Å². The average molecular weight is 420 g/mol. The molecule has 5 nitrogen and oxygen atoms in total. The number of nitrogens with one attached hydrogen (secondary N) is 2. The molecule has 2 aromatic carbocycles. The van der Waals surface area contributed by atoms with Gasteiger partial charge in [0.15, 0.2) is 0 Å². The van der Waals surface area contributed by atoms with Gasteiger partial charge in [-0.25, -0.2) is 23.5 Å². The molecule has 7 heteroatoms. The molecule has 3 aromatic rings. The first-order chi connectivity index (χ1) is 14.9. The van der Waals surface area contributed by atoms with Crippen LogP contribution >= 0.6 is 0 Å². The Morgan fingerprint density at radius 3 is 2.00 bits per heavy atom. The second-order valence-electron chi connectivity index (χ2n) is 6.77. The maximum Gasteiger partial charge on any atom is 0.318 e. The Morgan fingerprint density at radius 2 is 1.48 bits per heavy atom. The normalized spacial score (nSPS) is 12.0. The fourth-order valence-electron chi connectivity index (χ4n) is 2.86. The van der Waals surface area contributed by atoms with E-state index in [0.717, 1.165) is 0 Å². The van der Waals surface area contributed by atoms with Crippen LogP contribution in [-0.4, -0.2) is 22.5 Å². The van der Waals surface area contributed by atoms with Crippen molar-refractivity contribution < 1.29 is 13.6 Å². The number of hydrogen-bond donors (Lipinski definition) is 2. The summed E-state index contributed by atoms with van der Waals surface area (Å²) >= 11 is 0. The summed E-state index contributed by atoms with van der Waals surface area (Å²) in [6, 6.07) is 11.5. The summed E-state index contributed by atoms with van der Waals surface area (Å²) in [6.07, 6.45) is 3.39. The van der Waals surface area contributed by atoms with Gasteiger partial charge in [0.1, 0.15) is 11.6 Å². The monoisotopic (exact) mass is 420 g/mol. The Morgan fingerprint density at radius 1 is 0.968 bits per heavy atom. The van der Waals surface area contributed by atoms with Gasteiger partial charge in [-0.15, -0.1) is 0 Å². The Bertz CT molecular complexity index is 1220. The predicted octanol–water partition coefficient (Wildman–Crippen LogP) is 3.50. The van der Waals surface area contributed by atoms with Gasteiger partial charge >= 0.3 is 6.03 Å². The third kappa shape index (κ3) is 5.60. The smallest absolute Gasteiger partial charge is 0.318 e. The van der Waals surface area contributed by atoms with Crippen LogP contribution in [0.4, 0.5) is 13.6 Å². The Kier molecular flexibility index (Phi) is 6.87. The van der Waals surface area contributed by atoms with Crippen LogP contribution in [0.15, 0.2) is 60.3 Å². The second kappa shape index (κ2) is 9.75. The minimum absolute atomic E-state index is 0.302. The molecule has 0 saturated heterocycles.